The SMILES string of the molecule is CC(c1ccc2c(c1)CCO2)N(Cc1ccc(CCCN2C(=O)CCC2=O)c(Cl)c1)C[C@H]1CC[C@H](C(=O)O)CC1. The van der Waals surface area contributed by atoms with E-state index in [1.807, 2.05) is 6.07 Å². The van der Waals surface area contributed by atoms with E-state index in [1.54, 1.807) is 0 Å². The third kappa shape index (κ3) is 6.69. The number of nitrogens with zero attached hydrogens (tertiary/aromatic N) is 2. The van der Waals surface area contributed by atoms with Gasteiger partial charge in [0.1, 0.15) is 5.75 Å². The van der Waals surface area contributed by atoms with Gasteiger partial charge in [-0.3, -0.25) is 24.2 Å². The largest absolute Gasteiger partial charge is 0.493 e. The number of aliphatic carboxylic acids is 1. The van der Waals surface area contributed by atoms with Gasteiger partial charge in [0.25, 0.3) is 0 Å². The second kappa shape index (κ2) is 12.7. The molecule has 40 heavy (non-hydrogen) atoms. The molecule has 1 aliphatic carbocycles. The number of benzene rings is 2. The first-order valence-corrected chi connectivity index (χ1v) is 15.0. The molecule has 1 saturated heterocycles. The number of hydrogen-bond donors (Lipinski definition) is 1. The summed E-state index contributed by atoms with van der Waals surface area (Å²) >= 11 is 6.73. The minimum absolute atomic E-state index is 0.0759. The number of carbonyl (C=O) groups is 3. The van der Waals surface area contributed by atoms with Crippen LogP contribution in [0.1, 0.15) is 80.2 Å². The van der Waals surface area contributed by atoms with Crippen molar-refractivity contribution in [1.82, 2.24) is 9.80 Å². The van der Waals surface area contributed by atoms with Crippen LogP contribution in [0.5, 0.6) is 5.75 Å². The van der Waals surface area contributed by atoms with Crippen molar-refractivity contribution < 1.29 is 24.2 Å². The number of hydrogen-bond acceptors (Lipinski definition) is 5. The molecule has 2 heterocycles. The fourth-order valence-electron chi connectivity index (χ4n) is 6.39. The van der Waals surface area contributed by atoms with E-state index in [0.717, 1.165) is 68.7 Å². The van der Waals surface area contributed by atoms with Gasteiger partial charge in [-0.25, -0.2) is 0 Å². The quantitative estimate of drug-likeness (QED) is 0.345. The lowest BCUT2D eigenvalue weighted by Crippen LogP contribution is -2.34. The van der Waals surface area contributed by atoms with Gasteiger partial charge in [0.05, 0.1) is 12.5 Å². The Kier molecular flexibility index (Phi) is 9.11. The standard InChI is InChI=1S/C32H39ClN2O5/c1-21(26-10-11-29-27(18-26)14-16-40-29)34(19-22-4-8-25(9-5-22)32(38)39)20-23-6-7-24(28(33)17-23)3-2-15-35-30(36)12-13-31(35)37/h6-7,10-11,17-18,21-22,25H,2-5,8-9,12-16,19-20H2,1H3,(H,38,39)/t21?,22-,25-. The van der Waals surface area contributed by atoms with Gasteiger partial charge in [-0.15, -0.1) is 0 Å². The maximum Gasteiger partial charge on any atom is 0.306 e. The predicted molar refractivity (Wildman–Crippen MR) is 153 cm³/mol. The van der Waals surface area contributed by atoms with E-state index >= 15 is 0 Å². The molecule has 1 N–H and O–H groups in total. The predicted octanol–water partition coefficient (Wildman–Crippen LogP) is 5.81. The number of halogens is 1. The zero-order valence-corrected chi connectivity index (χ0v) is 24.0. The molecule has 8 heteroatoms. The highest BCUT2D eigenvalue weighted by molar-refractivity contribution is 6.31. The Hall–Kier alpha value is -2.90. The molecule has 0 aromatic heterocycles. The van der Waals surface area contributed by atoms with Gasteiger partial charge in [-0.1, -0.05) is 35.9 Å². The van der Waals surface area contributed by atoms with Crippen molar-refractivity contribution in [2.24, 2.45) is 11.8 Å². The summed E-state index contributed by atoms with van der Waals surface area (Å²) in [5, 5.41) is 10.1. The Labute approximate surface area is 241 Å². The van der Waals surface area contributed by atoms with Gasteiger partial charge >= 0.3 is 5.97 Å². The number of likely N-dealkylation sites (tertiary alicyclic amines) is 1. The Morgan fingerprint density at radius 2 is 1.82 bits per heavy atom. The number of ether oxygens (including phenoxy) is 1. The van der Waals surface area contributed by atoms with Crippen molar-refractivity contribution in [2.45, 2.75) is 77.3 Å². The third-order valence-electron chi connectivity index (χ3n) is 8.92. The Bertz CT molecular complexity index is 1240. The fourth-order valence-corrected chi connectivity index (χ4v) is 6.68. The summed E-state index contributed by atoms with van der Waals surface area (Å²) in [4.78, 5) is 39.1. The molecular weight excluding hydrogens is 528 g/mol. The molecule has 214 valence electrons. The number of rotatable bonds is 11. The van der Waals surface area contributed by atoms with Crippen LogP contribution in [0.2, 0.25) is 5.02 Å². The topological polar surface area (TPSA) is 87.2 Å². The first-order chi connectivity index (χ1) is 19.3. The van der Waals surface area contributed by atoms with E-state index in [1.165, 1.54) is 16.0 Å². The van der Waals surface area contributed by atoms with Crippen LogP contribution in [0, 0.1) is 11.8 Å². The molecule has 3 aliphatic rings. The smallest absolute Gasteiger partial charge is 0.306 e. The number of carboxylic acid groups (broad SMARTS) is 1. The number of imide groups is 1. The minimum Gasteiger partial charge on any atom is -0.493 e. The van der Waals surface area contributed by atoms with Gasteiger partial charge in [0, 0.05) is 50.0 Å². The van der Waals surface area contributed by atoms with E-state index in [0.29, 0.717) is 43.2 Å². The van der Waals surface area contributed by atoms with Gasteiger partial charge in [0.15, 0.2) is 0 Å². The van der Waals surface area contributed by atoms with Gasteiger partial charge in [-0.05, 0) is 85.8 Å². The third-order valence-corrected chi connectivity index (χ3v) is 9.27. The summed E-state index contributed by atoms with van der Waals surface area (Å²) < 4.78 is 5.72. The van der Waals surface area contributed by atoms with Crippen molar-refractivity contribution in [3.63, 3.8) is 0 Å². The summed E-state index contributed by atoms with van der Waals surface area (Å²) in [7, 11) is 0. The second-order valence-electron chi connectivity index (χ2n) is 11.6. The van der Waals surface area contributed by atoms with E-state index in [-0.39, 0.29) is 23.8 Å². The molecule has 2 aliphatic heterocycles. The molecule has 1 unspecified atom stereocenters. The average molecular weight is 567 g/mol. The van der Waals surface area contributed by atoms with E-state index in [4.69, 9.17) is 16.3 Å². The van der Waals surface area contributed by atoms with Crippen LogP contribution in [-0.4, -0.2) is 52.4 Å². The highest BCUT2D eigenvalue weighted by atomic mass is 35.5. The summed E-state index contributed by atoms with van der Waals surface area (Å²) in [5.41, 5.74) is 4.68. The van der Waals surface area contributed by atoms with Crippen LogP contribution in [-0.2, 0) is 33.8 Å². The first kappa shape index (κ1) is 28.6. The summed E-state index contributed by atoms with van der Waals surface area (Å²) in [6.07, 6.45) is 6.33. The summed E-state index contributed by atoms with van der Waals surface area (Å²) in [5.74, 6) is 0.405. The zero-order chi connectivity index (χ0) is 28.2. The van der Waals surface area contributed by atoms with Crippen molar-refractivity contribution in [1.29, 1.82) is 0 Å². The maximum atomic E-state index is 11.9. The Morgan fingerprint density at radius 3 is 2.52 bits per heavy atom. The first-order valence-electron chi connectivity index (χ1n) is 14.6. The Balaban J connectivity index is 1.26. The molecular formula is C32H39ClN2O5. The molecule has 2 aromatic rings. The van der Waals surface area contributed by atoms with Crippen molar-refractivity contribution in [2.75, 3.05) is 19.7 Å². The van der Waals surface area contributed by atoms with Crippen LogP contribution >= 0.6 is 11.6 Å². The van der Waals surface area contributed by atoms with Crippen LogP contribution < -0.4 is 4.74 Å². The molecule has 2 fully saturated rings. The van der Waals surface area contributed by atoms with Crippen molar-refractivity contribution in [3.05, 3.63) is 63.7 Å². The molecule has 2 aromatic carbocycles. The molecule has 0 radical (unpaired) electrons. The maximum absolute atomic E-state index is 11.9. The van der Waals surface area contributed by atoms with Crippen LogP contribution in [0.25, 0.3) is 0 Å². The fraction of sp³-hybridized carbons (Fsp3) is 0.531. The van der Waals surface area contributed by atoms with Crippen molar-refractivity contribution >= 4 is 29.4 Å². The summed E-state index contributed by atoms with van der Waals surface area (Å²) in [6.45, 7) is 5.07. The molecule has 1 saturated carbocycles. The monoisotopic (exact) mass is 566 g/mol. The van der Waals surface area contributed by atoms with Crippen molar-refractivity contribution in [3.8, 4) is 5.75 Å². The molecule has 1 atom stereocenters. The van der Waals surface area contributed by atoms with Crippen LogP contribution in [0.4, 0.5) is 0 Å². The van der Waals surface area contributed by atoms with E-state index < -0.39 is 5.97 Å². The van der Waals surface area contributed by atoms with Gasteiger partial charge in [0.2, 0.25) is 11.8 Å². The minimum atomic E-state index is -0.669. The normalized spacial score (nSPS) is 21.5. The Morgan fingerprint density at radius 1 is 1.07 bits per heavy atom. The number of amides is 2. The van der Waals surface area contributed by atoms with Crippen LogP contribution in [0.15, 0.2) is 36.4 Å². The van der Waals surface area contributed by atoms with Gasteiger partial charge < -0.3 is 9.84 Å². The molecule has 0 bridgehead atoms. The molecule has 7 nitrogen and oxygen atoms in total. The molecule has 2 amide bonds. The number of fused-ring (bicyclic) bond motifs is 1. The van der Waals surface area contributed by atoms with E-state index in [2.05, 4.69) is 42.2 Å². The van der Waals surface area contributed by atoms with Gasteiger partial charge in [-0.2, -0.15) is 0 Å². The lowest BCUT2D eigenvalue weighted by Gasteiger charge is -2.35. The lowest BCUT2D eigenvalue weighted by atomic mass is 9.81. The second-order valence-corrected chi connectivity index (χ2v) is 12.0. The summed E-state index contributed by atoms with van der Waals surface area (Å²) in [6, 6.07) is 12.9. The van der Waals surface area contributed by atoms with E-state index in [9.17, 15) is 19.5 Å². The zero-order valence-electron chi connectivity index (χ0n) is 23.2. The molecule has 0 spiro atoms. The highest BCUT2D eigenvalue weighted by Crippen LogP contribution is 2.35. The average Bonchev–Trinajstić information content (AvgIpc) is 3.55. The van der Waals surface area contributed by atoms with Crippen LogP contribution in [0.3, 0.4) is 0 Å². The lowest BCUT2D eigenvalue weighted by molar-refractivity contribution is -0.143. The molecule has 5 rings (SSSR count). The number of carbonyl (C=O) groups excluding carboxylic acids is 2. The number of carboxylic acids is 1. The number of aryl methyl sites for hydroxylation is 1. The highest BCUT2D eigenvalue weighted by Gasteiger charge is 2.30.